The van der Waals surface area contributed by atoms with Crippen LogP contribution in [-0.2, 0) is 20.1 Å². The van der Waals surface area contributed by atoms with Gasteiger partial charge >= 0.3 is 0 Å². The van der Waals surface area contributed by atoms with E-state index in [0.29, 0.717) is 0 Å². The number of imidazole rings is 1. The molecular formula is C12H19N5. The molecule has 0 amide bonds. The summed E-state index contributed by atoms with van der Waals surface area (Å²) in [4.78, 5) is 4.20. The Hall–Kier alpha value is -1.62. The number of hydrogen-bond donors (Lipinski definition) is 1. The Morgan fingerprint density at radius 1 is 1.35 bits per heavy atom. The summed E-state index contributed by atoms with van der Waals surface area (Å²) in [7, 11) is 1.93. The van der Waals surface area contributed by atoms with Crippen molar-refractivity contribution in [3.05, 3.63) is 36.2 Å². The Morgan fingerprint density at radius 2 is 2.24 bits per heavy atom. The van der Waals surface area contributed by atoms with Gasteiger partial charge in [0, 0.05) is 31.5 Å². The summed E-state index contributed by atoms with van der Waals surface area (Å²) in [5, 5.41) is 7.56. The second kappa shape index (κ2) is 5.63. The zero-order valence-electron chi connectivity index (χ0n) is 10.4. The zero-order chi connectivity index (χ0) is 12.1. The molecule has 17 heavy (non-hydrogen) atoms. The highest BCUT2D eigenvalue weighted by atomic mass is 15.2. The van der Waals surface area contributed by atoms with Gasteiger partial charge in [-0.15, -0.1) is 0 Å². The molecule has 2 aromatic heterocycles. The number of rotatable bonds is 6. The second-order valence-electron chi connectivity index (χ2n) is 4.21. The largest absolute Gasteiger partial charge is 0.329 e. The fourth-order valence-electron chi connectivity index (χ4n) is 1.78. The highest BCUT2D eigenvalue weighted by Gasteiger charge is 2.03. The van der Waals surface area contributed by atoms with E-state index in [4.69, 9.17) is 0 Å². The molecule has 2 rings (SSSR count). The number of aryl methyl sites for hydroxylation is 1. The molecule has 0 saturated carbocycles. The molecule has 0 aliphatic carbocycles. The Kier molecular flexibility index (Phi) is 3.93. The maximum Gasteiger partial charge on any atom is 0.0951 e. The second-order valence-corrected chi connectivity index (χ2v) is 4.21. The summed E-state index contributed by atoms with van der Waals surface area (Å²) in [6.07, 6.45) is 8.86. The Balaban J connectivity index is 1.98. The van der Waals surface area contributed by atoms with Crippen molar-refractivity contribution in [3.63, 3.8) is 0 Å². The third-order valence-corrected chi connectivity index (χ3v) is 2.64. The van der Waals surface area contributed by atoms with Crippen molar-refractivity contribution in [3.8, 4) is 0 Å². The third-order valence-electron chi connectivity index (χ3n) is 2.64. The van der Waals surface area contributed by atoms with Crippen LogP contribution in [0.2, 0.25) is 0 Å². The van der Waals surface area contributed by atoms with Crippen LogP contribution in [0.25, 0.3) is 0 Å². The summed E-state index contributed by atoms with van der Waals surface area (Å²) in [6.45, 7) is 4.91. The van der Waals surface area contributed by atoms with E-state index in [9.17, 15) is 0 Å². The molecule has 1 N–H and O–H groups in total. The Bertz CT molecular complexity index is 457. The first kappa shape index (κ1) is 11.9. The number of nitrogens with zero attached hydrogens (tertiary/aromatic N) is 4. The van der Waals surface area contributed by atoms with Gasteiger partial charge < -0.3 is 9.88 Å². The van der Waals surface area contributed by atoms with Crippen LogP contribution in [0.5, 0.6) is 0 Å². The number of hydrogen-bond acceptors (Lipinski definition) is 3. The SMILES string of the molecule is CCCNCc1cncn1Cc1cnn(C)c1. The van der Waals surface area contributed by atoms with Crippen LogP contribution in [0.15, 0.2) is 24.9 Å². The van der Waals surface area contributed by atoms with Crippen LogP contribution < -0.4 is 5.32 Å². The van der Waals surface area contributed by atoms with Crippen molar-refractivity contribution in [2.24, 2.45) is 7.05 Å². The quantitative estimate of drug-likeness (QED) is 0.762. The van der Waals surface area contributed by atoms with Crippen LogP contribution in [0.3, 0.4) is 0 Å². The van der Waals surface area contributed by atoms with Crippen LogP contribution >= 0.6 is 0 Å². The predicted octanol–water partition coefficient (Wildman–Crippen LogP) is 1.16. The minimum absolute atomic E-state index is 0.830. The Labute approximate surface area is 101 Å². The summed E-state index contributed by atoms with van der Waals surface area (Å²) in [6, 6.07) is 0. The van der Waals surface area contributed by atoms with Crippen molar-refractivity contribution < 1.29 is 0 Å². The van der Waals surface area contributed by atoms with Gasteiger partial charge in [-0.1, -0.05) is 6.92 Å². The molecule has 0 unspecified atom stereocenters. The topological polar surface area (TPSA) is 47.7 Å². The maximum atomic E-state index is 4.20. The Morgan fingerprint density at radius 3 is 2.94 bits per heavy atom. The molecular weight excluding hydrogens is 214 g/mol. The molecule has 5 nitrogen and oxygen atoms in total. The van der Waals surface area contributed by atoms with E-state index < -0.39 is 0 Å². The molecule has 92 valence electrons. The molecule has 0 radical (unpaired) electrons. The van der Waals surface area contributed by atoms with Gasteiger partial charge in [0.2, 0.25) is 0 Å². The average molecular weight is 233 g/mol. The summed E-state index contributed by atoms with van der Waals surface area (Å²) < 4.78 is 3.97. The van der Waals surface area contributed by atoms with Gasteiger partial charge in [-0.05, 0) is 13.0 Å². The summed E-state index contributed by atoms with van der Waals surface area (Å²) in [5.74, 6) is 0. The van der Waals surface area contributed by atoms with E-state index in [1.165, 1.54) is 11.3 Å². The predicted molar refractivity (Wildman–Crippen MR) is 66.5 cm³/mol. The van der Waals surface area contributed by atoms with Crippen LogP contribution in [-0.4, -0.2) is 25.9 Å². The van der Waals surface area contributed by atoms with Gasteiger partial charge in [0.05, 0.1) is 24.8 Å². The van der Waals surface area contributed by atoms with Gasteiger partial charge in [0.15, 0.2) is 0 Å². The minimum Gasteiger partial charge on any atom is -0.329 e. The molecule has 0 spiro atoms. The summed E-state index contributed by atoms with van der Waals surface area (Å²) >= 11 is 0. The lowest BCUT2D eigenvalue weighted by atomic mass is 10.3. The van der Waals surface area contributed by atoms with E-state index in [0.717, 1.165) is 26.1 Å². The molecule has 2 aromatic rings. The lowest BCUT2D eigenvalue weighted by Crippen LogP contribution is -2.16. The van der Waals surface area contributed by atoms with E-state index in [-0.39, 0.29) is 0 Å². The van der Waals surface area contributed by atoms with Crippen LogP contribution in [0.1, 0.15) is 24.6 Å². The van der Waals surface area contributed by atoms with E-state index in [1.807, 2.05) is 36.6 Å². The monoisotopic (exact) mass is 233 g/mol. The highest BCUT2D eigenvalue weighted by molar-refractivity contribution is 5.08. The highest BCUT2D eigenvalue weighted by Crippen LogP contribution is 2.05. The smallest absolute Gasteiger partial charge is 0.0951 e. The van der Waals surface area contributed by atoms with E-state index >= 15 is 0 Å². The van der Waals surface area contributed by atoms with Crippen molar-refractivity contribution in [1.82, 2.24) is 24.6 Å². The molecule has 0 bridgehead atoms. The molecule has 0 aliphatic heterocycles. The molecule has 0 fully saturated rings. The molecule has 0 saturated heterocycles. The van der Waals surface area contributed by atoms with Crippen molar-refractivity contribution in [2.45, 2.75) is 26.4 Å². The third kappa shape index (κ3) is 3.17. The van der Waals surface area contributed by atoms with E-state index in [1.54, 1.807) is 0 Å². The number of nitrogens with one attached hydrogen (secondary N) is 1. The van der Waals surface area contributed by atoms with Crippen LogP contribution in [0, 0.1) is 0 Å². The van der Waals surface area contributed by atoms with Crippen molar-refractivity contribution in [2.75, 3.05) is 6.54 Å². The van der Waals surface area contributed by atoms with Gasteiger partial charge in [-0.25, -0.2) is 4.98 Å². The molecule has 2 heterocycles. The van der Waals surface area contributed by atoms with Crippen molar-refractivity contribution >= 4 is 0 Å². The number of aromatic nitrogens is 4. The first-order valence-electron chi connectivity index (χ1n) is 5.97. The van der Waals surface area contributed by atoms with E-state index in [2.05, 4.69) is 26.9 Å². The fourth-order valence-corrected chi connectivity index (χ4v) is 1.78. The van der Waals surface area contributed by atoms with Gasteiger partial charge in [-0.3, -0.25) is 4.68 Å². The zero-order valence-corrected chi connectivity index (χ0v) is 10.4. The maximum absolute atomic E-state index is 4.20. The summed E-state index contributed by atoms with van der Waals surface area (Å²) in [5.41, 5.74) is 2.41. The molecule has 5 heteroatoms. The van der Waals surface area contributed by atoms with Crippen LogP contribution in [0.4, 0.5) is 0 Å². The first-order valence-corrected chi connectivity index (χ1v) is 5.97. The standard InChI is InChI=1S/C12H19N5/c1-3-4-13-6-12-7-14-10-17(12)9-11-5-15-16(2)8-11/h5,7-8,10,13H,3-4,6,9H2,1-2H3. The van der Waals surface area contributed by atoms with Gasteiger partial charge in [0.25, 0.3) is 0 Å². The minimum atomic E-state index is 0.830. The van der Waals surface area contributed by atoms with Gasteiger partial charge in [-0.2, -0.15) is 5.10 Å². The lowest BCUT2D eigenvalue weighted by molar-refractivity contribution is 0.630. The first-order chi connectivity index (χ1) is 8.29. The van der Waals surface area contributed by atoms with Gasteiger partial charge in [0.1, 0.15) is 0 Å². The fraction of sp³-hybridized carbons (Fsp3) is 0.500. The normalized spacial score (nSPS) is 10.9. The molecule has 0 atom stereocenters. The molecule has 0 aromatic carbocycles. The molecule has 0 aliphatic rings. The van der Waals surface area contributed by atoms with Crippen molar-refractivity contribution in [1.29, 1.82) is 0 Å². The average Bonchev–Trinajstić information content (AvgIpc) is 2.90. The lowest BCUT2D eigenvalue weighted by Gasteiger charge is -2.07.